The second-order valence-electron chi connectivity index (χ2n) is 4.60. The Bertz CT molecular complexity index is 294. The molecule has 2 fully saturated rings. The van der Waals surface area contributed by atoms with E-state index in [1.54, 1.807) is 0 Å². The molecule has 0 saturated carbocycles. The van der Waals surface area contributed by atoms with E-state index in [0.29, 0.717) is 11.7 Å². The maximum atomic E-state index is 10.6. The van der Waals surface area contributed by atoms with Gasteiger partial charge in [-0.2, -0.15) is 0 Å². The van der Waals surface area contributed by atoms with Gasteiger partial charge in [-0.15, -0.1) is 0 Å². The molecule has 6 heteroatoms. The first-order valence-electron chi connectivity index (χ1n) is 6.17. The first-order valence-corrected chi connectivity index (χ1v) is 6.17. The number of nitro groups is 1. The van der Waals surface area contributed by atoms with Crippen molar-refractivity contribution in [2.45, 2.75) is 19.3 Å². The molecule has 0 bridgehead atoms. The van der Waals surface area contributed by atoms with Crippen LogP contribution >= 0.6 is 0 Å². The van der Waals surface area contributed by atoms with Crippen LogP contribution in [0.3, 0.4) is 0 Å². The van der Waals surface area contributed by atoms with Gasteiger partial charge in [0.2, 0.25) is 0 Å². The molecular formula is C11H19N3O3. The highest BCUT2D eigenvalue weighted by Crippen LogP contribution is 2.15. The van der Waals surface area contributed by atoms with E-state index in [9.17, 15) is 10.1 Å². The lowest BCUT2D eigenvalue weighted by Gasteiger charge is -2.21. The number of nitrogens with zero attached hydrogens (tertiary/aromatic N) is 2. The van der Waals surface area contributed by atoms with Crippen LogP contribution in [0.25, 0.3) is 0 Å². The Balaban J connectivity index is 1.88. The maximum Gasteiger partial charge on any atom is 0.274 e. The Morgan fingerprint density at radius 1 is 1.53 bits per heavy atom. The van der Waals surface area contributed by atoms with Gasteiger partial charge in [0.25, 0.3) is 6.20 Å². The van der Waals surface area contributed by atoms with E-state index in [-0.39, 0.29) is 4.92 Å². The van der Waals surface area contributed by atoms with Crippen molar-refractivity contribution in [3.63, 3.8) is 0 Å². The minimum atomic E-state index is -0.383. The molecule has 0 aromatic rings. The minimum Gasteiger partial charge on any atom is -0.381 e. The third-order valence-electron chi connectivity index (χ3n) is 3.27. The molecule has 96 valence electrons. The highest BCUT2D eigenvalue weighted by atomic mass is 16.6. The topological polar surface area (TPSA) is 67.6 Å². The van der Waals surface area contributed by atoms with Crippen LogP contribution < -0.4 is 5.32 Å². The summed E-state index contributed by atoms with van der Waals surface area (Å²) in [5.74, 6) is 1.13. The zero-order valence-corrected chi connectivity index (χ0v) is 9.93. The summed E-state index contributed by atoms with van der Waals surface area (Å²) < 4.78 is 5.29. The Labute approximate surface area is 101 Å². The summed E-state index contributed by atoms with van der Waals surface area (Å²) in [6, 6.07) is 0. The highest BCUT2D eigenvalue weighted by molar-refractivity contribution is 4.97. The molecule has 1 unspecified atom stereocenters. The average Bonchev–Trinajstić information content (AvgIpc) is 2.96. The lowest BCUT2D eigenvalue weighted by molar-refractivity contribution is -0.404. The average molecular weight is 241 g/mol. The summed E-state index contributed by atoms with van der Waals surface area (Å²) in [4.78, 5) is 12.3. The molecule has 2 heterocycles. The van der Waals surface area contributed by atoms with Crippen LogP contribution in [0.5, 0.6) is 0 Å². The molecule has 2 rings (SSSR count). The number of hydrogen-bond donors (Lipinski definition) is 1. The third-order valence-corrected chi connectivity index (χ3v) is 3.27. The largest absolute Gasteiger partial charge is 0.381 e. The molecule has 1 atom stereocenters. The third kappa shape index (κ3) is 3.59. The Hall–Kier alpha value is -1.30. The fourth-order valence-corrected chi connectivity index (χ4v) is 2.29. The van der Waals surface area contributed by atoms with Crippen LogP contribution in [-0.4, -0.2) is 42.7 Å². The fraction of sp³-hybridized carbons (Fsp3) is 0.818. The normalized spacial score (nSPS) is 25.3. The maximum absolute atomic E-state index is 10.6. The standard InChI is InChI=1S/C11H19N3O3/c15-14(16)8-11(13-4-1-2-5-13)12-7-10-3-6-17-9-10/h8,10,12H,1-7,9H2. The van der Waals surface area contributed by atoms with Crippen LogP contribution in [0, 0.1) is 16.0 Å². The van der Waals surface area contributed by atoms with Crippen molar-refractivity contribution in [2.75, 3.05) is 32.8 Å². The number of ether oxygens (including phenoxy) is 1. The summed E-state index contributed by atoms with van der Waals surface area (Å²) >= 11 is 0. The number of hydrogen-bond acceptors (Lipinski definition) is 5. The SMILES string of the molecule is O=[N+]([O-])C=C(NCC1CCOC1)N1CCCC1. The first-order chi connectivity index (χ1) is 8.25. The molecule has 17 heavy (non-hydrogen) atoms. The van der Waals surface area contributed by atoms with Gasteiger partial charge in [-0.3, -0.25) is 10.1 Å². The summed E-state index contributed by atoms with van der Waals surface area (Å²) in [7, 11) is 0. The molecule has 2 aliphatic heterocycles. The second kappa shape index (κ2) is 5.86. The number of likely N-dealkylation sites (tertiary alicyclic amines) is 1. The van der Waals surface area contributed by atoms with E-state index < -0.39 is 0 Å². The molecule has 0 aromatic heterocycles. The summed E-state index contributed by atoms with van der Waals surface area (Å²) in [5.41, 5.74) is 0. The summed E-state index contributed by atoms with van der Waals surface area (Å²) in [6.45, 7) is 4.15. The minimum absolute atomic E-state index is 0.383. The van der Waals surface area contributed by atoms with Gasteiger partial charge in [-0.1, -0.05) is 0 Å². The van der Waals surface area contributed by atoms with E-state index >= 15 is 0 Å². The molecule has 1 N–H and O–H groups in total. The van der Waals surface area contributed by atoms with Gasteiger partial charge in [-0.25, -0.2) is 0 Å². The van der Waals surface area contributed by atoms with Crippen molar-refractivity contribution in [3.05, 3.63) is 22.1 Å². The lowest BCUT2D eigenvalue weighted by atomic mass is 10.1. The molecule has 0 aliphatic carbocycles. The molecule has 6 nitrogen and oxygen atoms in total. The molecule has 0 spiro atoms. The fourth-order valence-electron chi connectivity index (χ4n) is 2.29. The summed E-state index contributed by atoms with van der Waals surface area (Å²) in [6.07, 6.45) is 4.35. The zero-order valence-electron chi connectivity index (χ0n) is 9.93. The highest BCUT2D eigenvalue weighted by Gasteiger charge is 2.20. The Morgan fingerprint density at radius 3 is 2.88 bits per heavy atom. The molecule has 0 radical (unpaired) electrons. The van der Waals surface area contributed by atoms with Crippen molar-refractivity contribution in [2.24, 2.45) is 5.92 Å². The van der Waals surface area contributed by atoms with Crippen molar-refractivity contribution < 1.29 is 9.66 Å². The van der Waals surface area contributed by atoms with E-state index in [1.165, 1.54) is 0 Å². The van der Waals surface area contributed by atoms with Crippen LogP contribution in [0.4, 0.5) is 0 Å². The van der Waals surface area contributed by atoms with Crippen molar-refractivity contribution in [1.82, 2.24) is 10.2 Å². The number of rotatable bonds is 5. The van der Waals surface area contributed by atoms with Gasteiger partial charge in [-0.05, 0) is 19.3 Å². The van der Waals surface area contributed by atoms with Gasteiger partial charge >= 0.3 is 0 Å². The number of nitrogens with one attached hydrogen (secondary N) is 1. The van der Waals surface area contributed by atoms with Crippen LogP contribution in [0.15, 0.2) is 12.0 Å². The smallest absolute Gasteiger partial charge is 0.274 e. The molecule has 2 aliphatic rings. The van der Waals surface area contributed by atoms with E-state index in [0.717, 1.165) is 58.3 Å². The quantitative estimate of drug-likeness (QED) is 0.569. The summed E-state index contributed by atoms with van der Waals surface area (Å²) in [5, 5.41) is 13.8. The van der Waals surface area contributed by atoms with Gasteiger partial charge in [0.05, 0.1) is 11.5 Å². The van der Waals surface area contributed by atoms with E-state index in [2.05, 4.69) is 10.2 Å². The van der Waals surface area contributed by atoms with Gasteiger partial charge in [0.1, 0.15) is 0 Å². The Kier molecular flexibility index (Phi) is 4.19. The van der Waals surface area contributed by atoms with Crippen molar-refractivity contribution in [1.29, 1.82) is 0 Å². The van der Waals surface area contributed by atoms with Crippen molar-refractivity contribution in [3.8, 4) is 0 Å². The van der Waals surface area contributed by atoms with Crippen LogP contribution in [-0.2, 0) is 4.74 Å². The van der Waals surface area contributed by atoms with E-state index in [1.807, 2.05) is 0 Å². The molecular weight excluding hydrogens is 222 g/mol. The molecule has 2 saturated heterocycles. The lowest BCUT2D eigenvalue weighted by Crippen LogP contribution is -2.33. The predicted molar refractivity (Wildman–Crippen MR) is 62.8 cm³/mol. The van der Waals surface area contributed by atoms with Gasteiger partial charge in [0.15, 0.2) is 5.82 Å². The van der Waals surface area contributed by atoms with E-state index in [4.69, 9.17) is 4.74 Å². The van der Waals surface area contributed by atoms with Crippen LogP contribution in [0.1, 0.15) is 19.3 Å². The Morgan fingerprint density at radius 2 is 2.29 bits per heavy atom. The monoisotopic (exact) mass is 241 g/mol. The predicted octanol–water partition coefficient (Wildman–Crippen LogP) is 0.784. The van der Waals surface area contributed by atoms with Crippen LogP contribution in [0.2, 0.25) is 0 Å². The second-order valence-corrected chi connectivity index (χ2v) is 4.60. The van der Waals surface area contributed by atoms with Gasteiger partial charge < -0.3 is 15.0 Å². The van der Waals surface area contributed by atoms with Gasteiger partial charge in [0, 0.05) is 32.2 Å². The molecule has 0 amide bonds. The zero-order chi connectivity index (χ0) is 12.1. The molecule has 0 aromatic carbocycles. The first kappa shape index (κ1) is 12.2. The van der Waals surface area contributed by atoms with Crippen molar-refractivity contribution >= 4 is 0 Å².